The fraction of sp³-hybridized carbons (Fsp3) is 0.368. The first-order valence-corrected chi connectivity index (χ1v) is 8.91. The molecule has 2 N–H and O–H groups in total. The lowest BCUT2D eigenvalue weighted by Gasteiger charge is -2.15. The second-order valence-electron chi connectivity index (χ2n) is 6.53. The van der Waals surface area contributed by atoms with Crippen molar-refractivity contribution < 1.29 is 4.74 Å². The number of nitrogen functional groups attached to an aromatic ring is 1. The molecule has 7 nitrogen and oxygen atoms in total. The molecule has 1 aliphatic rings. The number of hydrogen-bond acceptors (Lipinski definition) is 7. The minimum Gasteiger partial charge on any atom is -0.491 e. The van der Waals surface area contributed by atoms with Crippen molar-refractivity contribution in [3.8, 4) is 17.0 Å². The Hall–Kier alpha value is -2.80. The topological polar surface area (TPSA) is 90.0 Å². The molecule has 4 heterocycles. The highest BCUT2D eigenvalue weighted by Gasteiger charge is 2.15. The lowest BCUT2D eigenvalue weighted by molar-refractivity contribution is 0.237. The molecule has 0 aromatic carbocycles. The van der Waals surface area contributed by atoms with Gasteiger partial charge in [-0.3, -0.25) is 9.88 Å². The van der Waals surface area contributed by atoms with Gasteiger partial charge in [-0.2, -0.15) is 10.2 Å². The number of likely N-dealkylation sites (tertiary alicyclic amines) is 1. The molecule has 0 unspecified atom stereocenters. The van der Waals surface area contributed by atoms with Crippen LogP contribution in [-0.2, 0) is 0 Å². The third-order valence-electron chi connectivity index (χ3n) is 4.72. The van der Waals surface area contributed by atoms with Gasteiger partial charge in [0, 0.05) is 30.1 Å². The van der Waals surface area contributed by atoms with E-state index in [0.717, 1.165) is 29.1 Å². The molecule has 1 fully saturated rings. The Kier molecular flexibility index (Phi) is 4.62. The zero-order valence-corrected chi connectivity index (χ0v) is 14.9. The van der Waals surface area contributed by atoms with Crippen LogP contribution in [0.1, 0.15) is 18.5 Å². The van der Waals surface area contributed by atoms with Gasteiger partial charge < -0.3 is 10.5 Å². The van der Waals surface area contributed by atoms with Crippen LogP contribution in [0.5, 0.6) is 5.75 Å². The fourth-order valence-corrected chi connectivity index (χ4v) is 3.41. The number of fused-ring (bicyclic) bond motifs is 1. The SMILES string of the molecule is Cc1nc2cc(OCCN3CCCC3)cnc2c(N)c1-c1cccnn1. The van der Waals surface area contributed by atoms with Crippen molar-refractivity contribution in [1.29, 1.82) is 0 Å². The van der Waals surface area contributed by atoms with Gasteiger partial charge in [-0.15, -0.1) is 0 Å². The highest BCUT2D eigenvalue weighted by Crippen LogP contribution is 2.32. The minimum atomic E-state index is 0.566. The zero-order valence-electron chi connectivity index (χ0n) is 14.9. The van der Waals surface area contributed by atoms with Gasteiger partial charge in [0.2, 0.25) is 0 Å². The Morgan fingerprint density at radius 3 is 2.88 bits per heavy atom. The zero-order chi connectivity index (χ0) is 17.9. The van der Waals surface area contributed by atoms with Crippen molar-refractivity contribution in [1.82, 2.24) is 25.1 Å². The van der Waals surface area contributed by atoms with Gasteiger partial charge >= 0.3 is 0 Å². The molecular formula is C19H22N6O. The number of nitrogens with two attached hydrogens (primary N) is 1. The Bertz CT molecular complexity index is 909. The first-order valence-electron chi connectivity index (χ1n) is 8.91. The van der Waals surface area contributed by atoms with Gasteiger partial charge in [-0.05, 0) is 45.0 Å². The average Bonchev–Trinajstić information content (AvgIpc) is 3.16. The molecule has 1 aliphatic heterocycles. The maximum absolute atomic E-state index is 6.37. The third-order valence-corrected chi connectivity index (χ3v) is 4.72. The summed E-state index contributed by atoms with van der Waals surface area (Å²) < 4.78 is 5.86. The number of pyridine rings is 2. The van der Waals surface area contributed by atoms with Crippen molar-refractivity contribution >= 4 is 16.7 Å². The van der Waals surface area contributed by atoms with Crippen molar-refractivity contribution in [2.24, 2.45) is 0 Å². The van der Waals surface area contributed by atoms with Crippen molar-refractivity contribution in [3.63, 3.8) is 0 Å². The standard InChI is InChI=1S/C19H22N6O/c1-13-17(15-5-4-6-22-24-15)18(20)19-16(23-13)11-14(12-21-19)26-10-9-25-7-2-3-8-25/h4-6,11-12H,2-3,7-10H2,1H3,(H2,20,23). The van der Waals surface area contributed by atoms with Crippen LogP contribution in [0.3, 0.4) is 0 Å². The summed E-state index contributed by atoms with van der Waals surface area (Å²) in [6, 6.07) is 5.60. The van der Waals surface area contributed by atoms with Crippen LogP contribution in [0.15, 0.2) is 30.6 Å². The number of rotatable bonds is 5. The normalized spacial score (nSPS) is 14.8. The summed E-state index contributed by atoms with van der Waals surface area (Å²) in [7, 11) is 0. The molecule has 0 saturated carbocycles. The molecule has 7 heteroatoms. The van der Waals surface area contributed by atoms with Gasteiger partial charge in [-0.25, -0.2) is 4.98 Å². The maximum Gasteiger partial charge on any atom is 0.139 e. The van der Waals surface area contributed by atoms with Crippen molar-refractivity contribution in [3.05, 3.63) is 36.3 Å². The Morgan fingerprint density at radius 2 is 2.12 bits per heavy atom. The predicted octanol–water partition coefficient (Wildman–Crippen LogP) is 2.45. The molecule has 3 aromatic heterocycles. The molecule has 0 atom stereocenters. The van der Waals surface area contributed by atoms with Crippen molar-refractivity contribution in [2.75, 3.05) is 32.0 Å². The van der Waals surface area contributed by atoms with Crippen LogP contribution in [-0.4, -0.2) is 51.3 Å². The van der Waals surface area contributed by atoms with E-state index in [4.69, 9.17) is 10.5 Å². The molecule has 0 radical (unpaired) electrons. The summed E-state index contributed by atoms with van der Waals surface area (Å²) >= 11 is 0. The van der Waals surface area contributed by atoms with E-state index in [-0.39, 0.29) is 0 Å². The first kappa shape index (κ1) is 16.7. The van der Waals surface area contributed by atoms with E-state index in [1.54, 1.807) is 12.4 Å². The molecule has 0 bridgehead atoms. The predicted molar refractivity (Wildman–Crippen MR) is 101 cm³/mol. The van der Waals surface area contributed by atoms with Gasteiger partial charge in [0.15, 0.2) is 0 Å². The summed E-state index contributed by atoms with van der Waals surface area (Å²) in [5.74, 6) is 0.718. The summed E-state index contributed by atoms with van der Waals surface area (Å²) in [6.45, 7) is 5.85. The van der Waals surface area contributed by atoms with Gasteiger partial charge in [0.25, 0.3) is 0 Å². The van der Waals surface area contributed by atoms with Gasteiger partial charge in [-0.1, -0.05) is 0 Å². The number of hydrogen-bond donors (Lipinski definition) is 1. The Balaban J connectivity index is 1.58. The maximum atomic E-state index is 6.37. The van der Waals surface area contributed by atoms with E-state index in [2.05, 4.69) is 25.1 Å². The highest BCUT2D eigenvalue weighted by molar-refractivity contribution is 5.96. The number of anilines is 1. The monoisotopic (exact) mass is 350 g/mol. The van der Waals surface area contributed by atoms with E-state index in [9.17, 15) is 0 Å². The van der Waals surface area contributed by atoms with Crippen LogP contribution >= 0.6 is 0 Å². The quantitative estimate of drug-likeness (QED) is 0.756. The molecule has 0 amide bonds. The molecule has 3 aromatic rings. The number of aromatic nitrogens is 4. The van der Waals surface area contributed by atoms with Crippen LogP contribution in [0.25, 0.3) is 22.3 Å². The van der Waals surface area contributed by atoms with Crippen LogP contribution in [0, 0.1) is 6.92 Å². The largest absolute Gasteiger partial charge is 0.491 e. The molecule has 26 heavy (non-hydrogen) atoms. The van der Waals surface area contributed by atoms with E-state index in [0.29, 0.717) is 23.5 Å². The van der Waals surface area contributed by atoms with Gasteiger partial charge in [0.05, 0.1) is 23.1 Å². The van der Waals surface area contributed by atoms with Crippen LogP contribution in [0.2, 0.25) is 0 Å². The second-order valence-corrected chi connectivity index (χ2v) is 6.53. The third kappa shape index (κ3) is 3.30. The lowest BCUT2D eigenvalue weighted by Crippen LogP contribution is -2.25. The molecule has 0 spiro atoms. The molecule has 4 rings (SSSR count). The van der Waals surface area contributed by atoms with E-state index >= 15 is 0 Å². The van der Waals surface area contributed by atoms with Gasteiger partial charge in [0.1, 0.15) is 17.9 Å². The second kappa shape index (κ2) is 7.21. The Labute approximate surface area is 152 Å². The Morgan fingerprint density at radius 1 is 1.27 bits per heavy atom. The summed E-state index contributed by atoms with van der Waals surface area (Å²) in [5, 5.41) is 8.07. The van der Waals surface area contributed by atoms with E-state index < -0.39 is 0 Å². The molecule has 0 aliphatic carbocycles. The summed E-state index contributed by atoms with van der Waals surface area (Å²) in [6.07, 6.45) is 5.91. The fourth-order valence-electron chi connectivity index (χ4n) is 3.41. The van der Waals surface area contributed by atoms with E-state index in [1.807, 2.05) is 25.1 Å². The number of aryl methyl sites for hydroxylation is 1. The van der Waals surface area contributed by atoms with Crippen molar-refractivity contribution in [2.45, 2.75) is 19.8 Å². The molecular weight excluding hydrogens is 328 g/mol. The molecule has 1 saturated heterocycles. The smallest absolute Gasteiger partial charge is 0.139 e. The number of nitrogens with zero attached hydrogens (tertiary/aromatic N) is 5. The summed E-state index contributed by atoms with van der Waals surface area (Å²) in [4.78, 5) is 11.6. The average molecular weight is 350 g/mol. The van der Waals surface area contributed by atoms with Crippen LogP contribution in [0.4, 0.5) is 5.69 Å². The van der Waals surface area contributed by atoms with Crippen LogP contribution < -0.4 is 10.5 Å². The van der Waals surface area contributed by atoms with E-state index in [1.165, 1.54) is 25.9 Å². The molecule has 134 valence electrons. The highest BCUT2D eigenvalue weighted by atomic mass is 16.5. The minimum absolute atomic E-state index is 0.566. The first-order chi connectivity index (χ1) is 12.7. The number of ether oxygens (including phenoxy) is 1. The lowest BCUT2D eigenvalue weighted by atomic mass is 10.1. The summed E-state index contributed by atoms with van der Waals surface area (Å²) in [5.41, 5.74) is 10.6.